The van der Waals surface area contributed by atoms with E-state index in [0.717, 1.165) is 11.1 Å². The average Bonchev–Trinajstić information content (AvgIpc) is 2.50. The van der Waals surface area contributed by atoms with Crippen molar-refractivity contribution in [3.05, 3.63) is 58.1 Å². The van der Waals surface area contributed by atoms with Crippen molar-refractivity contribution in [3.63, 3.8) is 0 Å². The number of hydrogen-bond donors (Lipinski definition) is 1. The molecule has 0 aliphatic rings. The molecule has 1 atom stereocenters. The van der Waals surface area contributed by atoms with E-state index >= 15 is 0 Å². The van der Waals surface area contributed by atoms with E-state index in [-0.39, 0.29) is 6.04 Å². The zero-order valence-electron chi connectivity index (χ0n) is 12.7. The normalized spacial score (nSPS) is 12.0. The predicted octanol–water partition coefficient (Wildman–Crippen LogP) is 3.97. The van der Waals surface area contributed by atoms with Gasteiger partial charge < -0.3 is 14.8 Å². The van der Waals surface area contributed by atoms with Crippen LogP contribution in [0.4, 0.5) is 0 Å². The molecule has 0 amide bonds. The molecule has 2 aromatic rings. The van der Waals surface area contributed by atoms with E-state index in [1.165, 1.54) is 5.56 Å². The van der Waals surface area contributed by atoms with Crippen molar-refractivity contribution in [3.8, 4) is 11.5 Å². The lowest BCUT2D eigenvalue weighted by Crippen LogP contribution is -2.18. The molecule has 0 heterocycles. The molecule has 0 saturated carbocycles. The Morgan fingerprint density at radius 3 is 2.10 bits per heavy atom. The van der Waals surface area contributed by atoms with Crippen molar-refractivity contribution in [2.24, 2.45) is 0 Å². The lowest BCUT2D eigenvalue weighted by Gasteiger charge is -2.20. The Morgan fingerprint density at radius 1 is 1.00 bits per heavy atom. The number of aryl methyl sites for hydroxylation is 1. The van der Waals surface area contributed by atoms with Gasteiger partial charge in [0.15, 0.2) is 11.5 Å². The molecule has 0 fully saturated rings. The molecule has 0 spiro atoms. The molecule has 0 aliphatic heterocycles. The topological polar surface area (TPSA) is 30.5 Å². The molecule has 0 radical (unpaired) electrons. The van der Waals surface area contributed by atoms with Crippen LogP contribution in [-0.4, -0.2) is 21.3 Å². The molecule has 2 aromatic carbocycles. The van der Waals surface area contributed by atoms with Gasteiger partial charge in [-0.25, -0.2) is 0 Å². The second-order valence-corrected chi connectivity index (χ2v) is 5.27. The van der Waals surface area contributed by atoms with Crippen LogP contribution in [0, 0.1) is 6.92 Å². The van der Waals surface area contributed by atoms with Crippen LogP contribution in [0.15, 0.2) is 36.4 Å². The van der Waals surface area contributed by atoms with Gasteiger partial charge in [0.1, 0.15) is 0 Å². The number of rotatable bonds is 5. The van der Waals surface area contributed by atoms with E-state index in [1.54, 1.807) is 20.3 Å². The van der Waals surface area contributed by atoms with Crippen LogP contribution < -0.4 is 14.8 Å². The highest BCUT2D eigenvalue weighted by atomic mass is 35.5. The molecule has 1 unspecified atom stereocenters. The fourth-order valence-electron chi connectivity index (χ4n) is 2.35. The number of ether oxygens (including phenoxy) is 2. The van der Waals surface area contributed by atoms with E-state index in [4.69, 9.17) is 21.1 Å². The van der Waals surface area contributed by atoms with E-state index in [0.29, 0.717) is 16.5 Å². The molecule has 112 valence electrons. The predicted molar refractivity (Wildman–Crippen MR) is 86.6 cm³/mol. The first-order valence-corrected chi connectivity index (χ1v) is 7.13. The number of methoxy groups -OCH3 is 2. The summed E-state index contributed by atoms with van der Waals surface area (Å²) >= 11 is 6.42. The van der Waals surface area contributed by atoms with Crippen molar-refractivity contribution in [1.82, 2.24) is 5.32 Å². The maximum Gasteiger partial charge on any atom is 0.162 e. The summed E-state index contributed by atoms with van der Waals surface area (Å²) in [5, 5.41) is 3.95. The summed E-state index contributed by atoms with van der Waals surface area (Å²) in [6.45, 7) is 2.07. The fourth-order valence-corrected chi connectivity index (χ4v) is 2.61. The van der Waals surface area contributed by atoms with Gasteiger partial charge in [0.2, 0.25) is 0 Å². The van der Waals surface area contributed by atoms with E-state index < -0.39 is 0 Å². The van der Waals surface area contributed by atoms with Gasteiger partial charge in [-0.3, -0.25) is 0 Å². The van der Waals surface area contributed by atoms with Crippen molar-refractivity contribution in [2.75, 3.05) is 21.3 Å². The molecular formula is C17H20ClNO2. The van der Waals surface area contributed by atoms with Crippen LogP contribution in [0.5, 0.6) is 11.5 Å². The fraction of sp³-hybridized carbons (Fsp3) is 0.294. The first kappa shape index (κ1) is 15.7. The summed E-state index contributed by atoms with van der Waals surface area (Å²) in [6.07, 6.45) is 0. The third-order valence-electron chi connectivity index (χ3n) is 3.51. The molecule has 0 bridgehead atoms. The van der Waals surface area contributed by atoms with Crippen molar-refractivity contribution in [2.45, 2.75) is 13.0 Å². The Kier molecular flexibility index (Phi) is 5.10. The quantitative estimate of drug-likeness (QED) is 0.906. The Morgan fingerprint density at radius 2 is 1.57 bits per heavy atom. The first-order valence-electron chi connectivity index (χ1n) is 6.76. The average molecular weight is 306 g/mol. The third-order valence-corrected chi connectivity index (χ3v) is 3.84. The van der Waals surface area contributed by atoms with E-state index in [2.05, 4.69) is 36.5 Å². The highest BCUT2D eigenvalue weighted by Gasteiger charge is 2.18. The van der Waals surface area contributed by atoms with Gasteiger partial charge in [-0.05, 0) is 31.2 Å². The maximum atomic E-state index is 6.42. The van der Waals surface area contributed by atoms with Gasteiger partial charge in [0, 0.05) is 11.1 Å². The zero-order chi connectivity index (χ0) is 15.4. The number of hydrogen-bond acceptors (Lipinski definition) is 3. The minimum atomic E-state index is -0.00194. The standard InChI is InChI=1S/C17H20ClNO2/c1-11-5-7-12(8-6-11)17(19-2)13-9-15(20-3)16(21-4)10-14(13)18/h5-10,17,19H,1-4H3. The Labute approximate surface area is 130 Å². The molecule has 3 nitrogen and oxygen atoms in total. The van der Waals surface area contributed by atoms with E-state index in [1.807, 2.05) is 13.1 Å². The lowest BCUT2D eigenvalue weighted by atomic mass is 9.97. The molecule has 4 heteroatoms. The highest BCUT2D eigenvalue weighted by Crippen LogP contribution is 2.37. The van der Waals surface area contributed by atoms with E-state index in [9.17, 15) is 0 Å². The first-order chi connectivity index (χ1) is 10.1. The summed E-state index contributed by atoms with van der Waals surface area (Å²) < 4.78 is 10.6. The van der Waals surface area contributed by atoms with Crippen LogP contribution in [0.3, 0.4) is 0 Å². The lowest BCUT2D eigenvalue weighted by molar-refractivity contribution is 0.354. The van der Waals surface area contributed by atoms with Gasteiger partial charge in [-0.15, -0.1) is 0 Å². The smallest absolute Gasteiger partial charge is 0.162 e. The third kappa shape index (κ3) is 3.31. The SMILES string of the molecule is CNC(c1ccc(C)cc1)c1cc(OC)c(OC)cc1Cl. The van der Waals surface area contributed by atoms with Crippen LogP contribution >= 0.6 is 11.6 Å². The van der Waals surface area contributed by atoms with Gasteiger partial charge in [-0.1, -0.05) is 41.4 Å². The summed E-state index contributed by atoms with van der Waals surface area (Å²) in [7, 11) is 5.14. The summed E-state index contributed by atoms with van der Waals surface area (Å²) in [5.41, 5.74) is 3.34. The van der Waals surface area contributed by atoms with Gasteiger partial charge in [0.05, 0.1) is 20.3 Å². The summed E-state index contributed by atoms with van der Waals surface area (Å²) in [4.78, 5) is 0. The van der Waals surface area contributed by atoms with Crippen LogP contribution in [0.2, 0.25) is 5.02 Å². The maximum absolute atomic E-state index is 6.42. The molecular weight excluding hydrogens is 286 g/mol. The largest absolute Gasteiger partial charge is 0.493 e. The molecule has 0 aromatic heterocycles. The Bertz CT molecular complexity index is 611. The molecule has 1 N–H and O–H groups in total. The zero-order valence-corrected chi connectivity index (χ0v) is 13.5. The van der Waals surface area contributed by atoms with Crippen LogP contribution in [0.1, 0.15) is 22.7 Å². The number of nitrogens with one attached hydrogen (secondary N) is 1. The van der Waals surface area contributed by atoms with Gasteiger partial charge in [0.25, 0.3) is 0 Å². The van der Waals surface area contributed by atoms with Crippen molar-refractivity contribution >= 4 is 11.6 Å². The van der Waals surface area contributed by atoms with Gasteiger partial charge >= 0.3 is 0 Å². The van der Waals surface area contributed by atoms with Gasteiger partial charge in [-0.2, -0.15) is 0 Å². The molecule has 2 rings (SSSR count). The molecule has 0 saturated heterocycles. The van der Waals surface area contributed by atoms with Crippen molar-refractivity contribution in [1.29, 1.82) is 0 Å². The van der Waals surface area contributed by atoms with Crippen LogP contribution in [-0.2, 0) is 0 Å². The highest BCUT2D eigenvalue weighted by molar-refractivity contribution is 6.31. The second-order valence-electron chi connectivity index (χ2n) is 4.86. The minimum Gasteiger partial charge on any atom is -0.493 e. The Hall–Kier alpha value is -1.71. The monoisotopic (exact) mass is 305 g/mol. The molecule has 0 aliphatic carbocycles. The summed E-state index contributed by atoms with van der Waals surface area (Å²) in [6, 6.07) is 12.1. The number of benzene rings is 2. The van der Waals surface area contributed by atoms with Crippen molar-refractivity contribution < 1.29 is 9.47 Å². The molecule has 21 heavy (non-hydrogen) atoms. The second kappa shape index (κ2) is 6.83. The minimum absolute atomic E-state index is 0.00194. The summed E-state index contributed by atoms with van der Waals surface area (Å²) in [5.74, 6) is 1.30. The Balaban J connectivity index is 2.49. The van der Waals surface area contributed by atoms with Crippen LogP contribution in [0.25, 0.3) is 0 Å². The number of halogens is 1.